The van der Waals surface area contributed by atoms with Gasteiger partial charge in [0.1, 0.15) is 11.0 Å². The first-order valence-corrected chi connectivity index (χ1v) is 6.02. The Morgan fingerprint density at radius 2 is 2.21 bits per heavy atom. The second-order valence-electron chi connectivity index (χ2n) is 2.61. The van der Waals surface area contributed by atoms with Gasteiger partial charge in [-0.1, -0.05) is 16.2 Å². The van der Waals surface area contributed by atoms with E-state index in [1.807, 2.05) is 22.6 Å². The summed E-state index contributed by atoms with van der Waals surface area (Å²) in [7, 11) is 0. The van der Waals surface area contributed by atoms with Crippen molar-refractivity contribution < 1.29 is 8.87 Å². The van der Waals surface area contributed by atoms with Crippen LogP contribution < -0.4 is 0 Å². The Kier molecular flexibility index (Phi) is 2.65. The molecule has 0 unspecified atom stereocenters. The van der Waals surface area contributed by atoms with Crippen LogP contribution in [0.1, 0.15) is 0 Å². The molecule has 0 aliphatic heterocycles. The fourth-order valence-electron chi connectivity index (χ4n) is 1.16. The lowest BCUT2D eigenvalue weighted by Crippen LogP contribution is -1.85. The quantitative estimate of drug-likeness (QED) is 0.591. The van der Waals surface area contributed by atoms with E-state index in [1.165, 1.54) is 12.1 Å². The molecule has 0 saturated heterocycles. The smallest absolute Gasteiger partial charge is 0.198 e. The second kappa shape index (κ2) is 3.65. The summed E-state index contributed by atoms with van der Waals surface area (Å²) in [6.45, 7) is 0. The number of thioether (sulfide) groups is 1. The minimum absolute atomic E-state index is 0.0868. The van der Waals surface area contributed by atoms with Crippen molar-refractivity contribution in [2.24, 2.45) is 0 Å². The molecule has 0 atom stereocenters. The van der Waals surface area contributed by atoms with Gasteiger partial charge in [0.2, 0.25) is 0 Å². The van der Waals surface area contributed by atoms with E-state index in [1.54, 1.807) is 6.26 Å². The number of fused-ring (bicyclic) bond motifs is 1. The number of hydrogen-bond donors (Lipinski definition) is 0. The molecule has 2 aromatic rings. The summed E-state index contributed by atoms with van der Waals surface area (Å²) < 4.78 is 27.3. The molecule has 0 radical (unpaired) electrons. The first kappa shape index (κ1) is 10.2. The van der Waals surface area contributed by atoms with Crippen molar-refractivity contribution in [2.75, 3.05) is 6.26 Å². The van der Waals surface area contributed by atoms with Crippen LogP contribution >= 0.6 is 34.4 Å². The maximum atomic E-state index is 13.5. The van der Waals surface area contributed by atoms with E-state index in [-0.39, 0.29) is 16.2 Å². The van der Waals surface area contributed by atoms with Gasteiger partial charge in [0.05, 0.1) is 3.57 Å². The summed E-state index contributed by atoms with van der Waals surface area (Å²) in [4.78, 5) is 4.26. The molecule has 0 fully saturated rings. The van der Waals surface area contributed by atoms with Crippen LogP contribution in [0, 0.1) is 9.39 Å². The van der Waals surface area contributed by atoms with E-state index in [0.29, 0.717) is 8.36 Å². The molecule has 1 aromatic carbocycles. The molecule has 14 heavy (non-hydrogen) atoms. The van der Waals surface area contributed by atoms with Crippen molar-refractivity contribution in [2.45, 2.75) is 5.16 Å². The number of aromatic nitrogens is 2. The summed E-state index contributed by atoms with van der Waals surface area (Å²) in [5.41, 5.74) is 0.260. The lowest BCUT2D eigenvalue weighted by Gasteiger charge is -1.94. The van der Waals surface area contributed by atoms with E-state index in [2.05, 4.69) is 4.98 Å². The third-order valence-electron chi connectivity index (χ3n) is 1.82. The summed E-state index contributed by atoms with van der Waals surface area (Å²) >= 11 is 3.00. The fraction of sp³-hybridized carbons (Fsp3) is 0.125. The highest BCUT2D eigenvalue weighted by Crippen LogP contribution is 2.26. The van der Waals surface area contributed by atoms with Crippen LogP contribution in [0.2, 0.25) is 0 Å². The maximum Gasteiger partial charge on any atom is 0.198 e. The molecule has 1 heterocycles. The molecule has 1 aromatic heterocycles. The lowest BCUT2D eigenvalue weighted by molar-refractivity contribution is 0.347. The van der Waals surface area contributed by atoms with Gasteiger partial charge < -0.3 is 0 Å². The molecule has 0 spiro atoms. The Balaban J connectivity index is 2.85. The monoisotopic (exact) mass is 326 g/mol. The SMILES string of the molecule is CSc1nc2c(F)c(I)ccc2n1F. The molecular weight excluding hydrogens is 321 g/mol. The van der Waals surface area contributed by atoms with Gasteiger partial charge in [-0.2, -0.15) is 4.79 Å². The van der Waals surface area contributed by atoms with E-state index in [9.17, 15) is 8.87 Å². The van der Waals surface area contributed by atoms with E-state index < -0.39 is 5.82 Å². The zero-order valence-corrected chi connectivity index (χ0v) is 10.1. The van der Waals surface area contributed by atoms with Crippen molar-refractivity contribution in [3.63, 3.8) is 0 Å². The van der Waals surface area contributed by atoms with Crippen LogP contribution in [-0.2, 0) is 0 Å². The third kappa shape index (κ3) is 1.40. The third-order valence-corrected chi connectivity index (χ3v) is 3.27. The first-order chi connectivity index (χ1) is 6.65. The van der Waals surface area contributed by atoms with E-state index >= 15 is 0 Å². The summed E-state index contributed by atoms with van der Waals surface area (Å²) in [6, 6.07) is 3.05. The zero-order chi connectivity index (χ0) is 10.3. The van der Waals surface area contributed by atoms with Gasteiger partial charge in [-0.25, -0.2) is 9.37 Å². The predicted octanol–water partition coefficient (Wildman–Crippen LogP) is 3.23. The number of imidazole rings is 1. The van der Waals surface area contributed by atoms with Gasteiger partial charge in [-0.05, 0) is 41.0 Å². The molecule has 0 N–H and O–H groups in total. The summed E-state index contributed by atoms with van der Waals surface area (Å²) in [5, 5.41) is 0.168. The highest BCUT2D eigenvalue weighted by molar-refractivity contribution is 14.1. The largest absolute Gasteiger partial charge is 0.217 e. The van der Waals surface area contributed by atoms with Crippen LogP contribution in [0.5, 0.6) is 0 Å². The Labute approximate surface area is 96.8 Å². The van der Waals surface area contributed by atoms with E-state index in [4.69, 9.17) is 0 Å². The predicted molar refractivity (Wildman–Crippen MR) is 60.7 cm³/mol. The van der Waals surface area contributed by atoms with Gasteiger partial charge >= 0.3 is 0 Å². The Bertz CT molecular complexity index is 498. The minimum Gasteiger partial charge on any atom is -0.217 e. The summed E-state index contributed by atoms with van der Waals surface area (Å²) in [5.74, 6) is -0.463. The second-order valence-corrected chi connectivity index (χ2v) is 4.54. The normalized spacial score (nSPS) is 11.1. The van der Waals surface area contributed by atoms with Crippen LogP contribution in [0.3, 0.4) is 0 Å². The average Bonchev–Trinajstić information content (AvgIpc) is 2.50. The molecule has 2 rings (SSSR count). The van der Waals surface area contributed by atoms with Crippen molar-refractivity contribution >= 4 is 45.4 Å². The number of benzene rings is 1. The van der Waals surface area contributed by atoms with Crippen molar-refractivity contribution in [3.05, 3.63) is 21.5 Å². The minimum atomic E-state index is -0.463. The van der Waals surface area contributed by atoms with Crippen molar-refractivity contribution in [3.8, 4) is 0 Å². The molecule has 6 heteroatoms. The lowest BCUT2D eigenvalue weighted by atomic mass is 10.3. The van der Waals surface area contributed by atoms with Crippen molar-refractivity contribution in [1.82, 2.24) is 9.77 Å². The van der Waals surface area contributed by atoms with E-state index in [0.717, 1.165) is 11.8 Å². The molecule has 0 saturated carbocycles. The molecule has 0 bridgehead atoms. The highest BCUT2D eigenvalue weighted by Gasteiger charge is 2.14. The van der Waals surface area contributed by atoms with Gasteiger partial charge in [0, 0.05) is 0 Å². The number of halogens is 3. The number of rotatable bonds is 1. The number of nitrogens with zero attached hydrogens (tertiary/aromatic N) is 2. The molecule has 74 valence electrons. The molecule has 0 aliphatic carbocycles. The molecule has 0 aliphatic rings. The van der Waals surface area contributed by atoms with Gasteiger partial charge in [0.25, 0.3) is 0 Å². The maximum absolute atomic E-state index is 13.5. The topological polar surface area (TPSA) is 17.8 Å². The van der Waals surface area contributed by atoms with Gasteiger partial charge in [-0.15, -0.1) is 0 Å². The molecule has 2 nitrogen and oxygen atoms in total. The Morgan fingerprint density at radius 3 is 2.86 bits per heavy atom. The van der Waals surface area contributed by atoms with Gasteiger partial charge in [0.15, 0.2) is 11.0 Å². The van der Waals surface area contributed by atoms with Crippen LogP contribution in [0.15, 0.2) is 17.3 Å². The first-order valence-electron chi connectivity index (χ1n) is 3.71. The zero-order valence-electron chi connectivity index (χ0n) is 7.09. The standard InChI is InChI=1S/C8H5F2IN2S/c1-14-8-12-7-5(13(8)10)3-2-4(11)6(7)9/h2-3H,1H3. The van der Waals surface area contributed by atoms with Crippen LogP contribution in [0.25, 0.3) is 11.0 Å². The highest BCUT2D eigenvalue weighted by atomic mass is 127. The molecular formula is C8H5F2IN2S. The van der Waals surface area contributed by atoms with Crippen LogP contribution in [-0.4, -0.2) is 16.0 Å². The van der Waals surface area contributed by atoms with Gasteiger partial charge in [-0.3, -0.25) is 0 Å². The average molecular weight is 326 g/mol. The fourth-order valence-corrected chi connectivity index (χ4v) is 2.04. The Hall–Kier alpha value is -0.370. The number of hydrogen-bond acceptors (Lipinski definition) is 2. The summed E-state index contributed by atoms with van der Waals surface area (Å²) in [6.07, 6.45) is 1.69. The van der Waals surface area contributed by atoms with Crippen LogP contribution in [0.4, 0.5) is 8.87 Å². The molecule has 0 amide bonds. The Morgan fingerprint density at radius 1 is 1.50 bits per heavy atom. The van der Waals surface area contributed by atoms with Crippen molar-refractivity contribution in [1.29, 1.82) is 0 Å².